The van der Waals surface area contributed by atoms with Gasteiger partial charge in [0.25, 0.3) is 0 Å². The van der Waals surface area contributed by atoms with E-state index in [1.165, 1.54) is 0 Å². The van der Waals surface area contributed by atoms with Crippen molar-refractivity contribution < 1.29 is 9.28 Å². The molecule has 0 saturated carbocycles. The zero-order chi connectivity index (χ0) is 7.61. The Morgan fingerprint density at radius 1 is 1.90 bits per heavy atom. The van der Waals surface area contributed by atoms with Gasteiger partial charge in [-0.25, -0.2) is 9.28 Å². The molecule has 2 amide bonds. The fraction of sp³-hybridized carbons (Fsp3) is 0.286. The van der Waals surface area contributed by atoms with Gasteiger partial charge in [0.1, 0.15) is 6.20 Å². The number of carbonyl (C=O) groups excluding carboxylic acids is 1. The number of rotatable bonds is 1. The predicted octanol–water partition coefficient (Wildman–Crippen LogP) is 0.261. The summed E-state index contributed by atoms with van der Waals surface area (Å²) >= 11 is 0. The summed E-state index contributed by atoms with van der Waals surface area (Å²) in [5, 5.41) is 2.55. The van der Waals surface area contributed by atoms with Crippen molar-refractivity contribution in [3.8, 4) is 12.3 Å². The SMILES string of the molecule is C#CC[N+]1(C)C=CNC1=O. The molecule has 1 N–H and O–H groups in total. The summed E-state index contributed by atoms with van der Waals surface area (Å²) in [6.07, 6.45) is 8.43. The van der Waals surface area contributed by atoms with Gasteiger partial charge in [0.05, 0.1) is 13.2 Å². The van der Waals surface area contributed by atoms with Gasteiger partial charge in [-0.1, -0.05) is 0 Å². The van der Waals surface area contributed by atoms with Crippen LogP contribution in [0.3, 0.4) is 0 Å². The second-order valence-corrected chi connectivity index (χ2v) is 2.40. The number of quaternary nitrogens is 1. The molecule has 1 aliphatic heterocycles. The van der Waals surface area contributed by atoms with E-state index >= 15 is 0 Å². The van der Waals surface area contributed by atoms with E-state index in [0.717, 1.165) is 0 Å². The molecule has 0 aromatic carbocycles. The maximum atomic E-state index is 11.0. The van der Waals surface area contributed by atoms with Crippen LogP contribution in [0, 0.1) is 12.3 Å². The molecule has 10 heavy (non-hydrogen) atoms. The Labute approximate surface area is 59.9 Å². The first-order chi connectivity index (χ1) is 4.69. The lowest BCUT2D eigenvalue weighted by Crippen LogP contribution is -2.44. The molecule has 0 aromatic rings. The van der Waals surface area contributed by atoms with Crippen molar-refractivity contribution >= 4 is 6.03 Å². The lowest BCUT2D eigenvalue weighted by atomic mass is 10.5. The monoisotopic (exact) mass is 137 g/mol. The first kappa shape index (κ1) is 6.84. The standard InChI is InChI=1S/C7H8N2O/c1-3-5-9(2)6-4-8-7(9)10/h1,4,6H,5H2,2H3/p+1. The second-order valence-electron chi connectivity index (χ2n) is 2.40. The Bertz CT molecular complexity index is 226. The van der Waals surface area contributed by atoms with Crippen LogP contribution in [0.1, 0.15) is 0 Å². The van der Waals surface area contributed by atoms with Crippen LogP contribution < -0.4 is 5.32 Å². The van der Waals surface area contributed by atoms with Crippen molar-refractivity contribution in [3.05, 3.63) is 12.4 Å². The molecule has 1 aliphatic rings. The fourth-order valence-corrected chi connectivity index (χ4v) is 0.802. The molecule has 0 radical (unpaired) electrons. The number of nitrogens with zero attached hydrogens (tertiary/aromatic N) is 1. The van der Waals surface area contributed by atoms with Crippen LogP contribution in [0.2, 0.25) is 0 Å². The van der Waals surface area contributed by atoms with Gasteiger partial charge in [-0.2, -0.15) is 0 Å². The van der Waals surface area contributed by atoms with Crippen molar-refractivity contribution in [3.63, 3.8) is 0 Å². The van der Waals surface area contributed by atoms with Crippen LogP contribution in [0.25, 0.3) is 0 Å². The summed E-state index contributed by atoms with van der Waals surface area (Å²) in [6, 6.07) is -0.0713. The lowest BCUT2D eigenvalue weighted by Gasteiger charge is -2.18. The van der Waals surface area contributed by atoms with E-state index < -0.39 is 0 Å². The van der Waals surface area contributed by atoms with Gasteiger partial charge >= 0.3 is 6.03 Å². The summed E-state index contributed by atoms with van der Waals surface area (Å²) in [4.78, 5) is 11.0. The lowest BCUT2D eigenvalue weighted by molar-refractivity contribution is -0.763. The Morgan fingerprint density at radius 3 is 3.00 bits per heavy atom. The molecule has 1 unspecified atom stereocenters. The molecule has 0 saturated heterocycles. The van der Waals surface area contributed by atoms with Crippen molar-refractivity contribution in [1.82, 2.24) is 5.32 Å². The normalized spacial score (nSPS) is 29.8. The minimum atomic E-state index is -0.0713. The van der Waals surface area contributed by atoms with E-state index in [1.54, 1.807) is 19.4 Å². The maximum Gasteiger partial charge on any atom is 0.425 e. The number of terminal acetylenes is 1. The fourth-order valence-electron chi connectivity index (χ4n) is 0.802. The molecule has 3 nitrogen and oxygen atoms in total. The number of carbonyl (C=O) groups is 1. The molecule has 52 valence electrons. The highest BCUT2D eigenvalue weighted by molar-refractivity contribution is 5.70. The summed E-state index contributed by atoms with van der Waals surface area (Å²) in [6.45, 7) is 0.405. The first-order valence-electron chi connectivity index (χ1n) is 2.96. The third-order valence-electron chi connectivity index (χ3n) is 1.49. The number of hydrogen-bond acceptors (Lipinski definition) is 1. The van der Waals surface area contributed by atoms with Crippen LogP contribution >= 0.6 is 0 Å². The molecule has 0 fully saturated rings. The van der Waals surface area contributed by atoms with E-state index in [2.05, 4.69) is 11.2 Å². The minimum Gasteiger partial charge on any atom is -0.276 e. The third kappa shape index (κ3) is 0.893. The Hall–Kier alpha value is -1.27. The van der Waals surface area contributed by atoms with E-state index in [-0.39, 0.29) is 10.5 Å². The van der Waals surface area contributed by atoms with Gasteiger partial charge in [0.2, 0.25) is 0 Å². The van der Waals surface area contributed by atoms with E-state index in [4.69, 9.17) is 6.42 Å². The average molecular weight is 137 g/mol. The molecule has 1 atom stereocenters. The van der Waals surface area contributed by atoms with Crippen LogP contribution in [0.15, 0.2) is 12.4 Å². The molecule has 0 bridgehead atoms. The van der Waals surface area contributed by atoms with Crippen LogP contribution in [-0.4, -0.2) is 24.1 Å². The van der Waals surface area contributed by atoms with Crippen molar-refractivity contribution in [2.45, 2.75) is 0 Å². The zero-order valence-electron chi connectivity index (χ0n) is 5.79. The molecule has 3 heteroatoms. The van der Waals surface area contributed by atoms with Crippen LogP contribution in [0.4, 0.5) is 4.79 Å². The van der Waals surface area contributed by atoms with Gasteiger partial charge in [-0.15, -0.1) is 6.42 Å². The second kappa shape index (κ2) is 2.16. The predicted molar refractivity (Wildman–Crippen MR) is 37.6 cm³/mol. The smallest absolute Gasteiger partial charge is 0.276 e. The number of amides is 2. The average Bonchev–Trinajstić information content (AvgIpc) is 2.15. The minimum absolute atomic E-state index is 0.0713. The summed E-state index contributed by atoms with van der Waals surface area (Å²) in [5.41, 5.74) is 0. The Kier molecular flexibility index (Phi) is 1.48. The van der Waals surface area contributed by atoms with E-state index in [1.807, 2.05) is 0 Å². The van der Waals surface area contributed by atoms with E-state index in [0.29, 0.717) is 6.54 Å². The summed E-state index contributed by atoms with van der Waals surface area (Å²) < 4.78 is 0.163. The third-order valence-corrected chi connectivity index (χ3v) is 1.49. The molecule has 0 spiro atoms. The summed E-state index contributed by atoms with van der Waals surface area (Å²) in [7, 11) is 1.76. The highest BCUT2D eigenvalue weighted by Gasteiger charge is 2.31. The van der Waals surface area contributed by atoms with Crippen LogP contribution in [0.5, 0.6) is 0 Å². The van der Waals surface area contributed by atoms with E-state index in [9.17, 15) is 4.79 Å². The van der Waals surface area contributed by atoms with Crippen molar-refractivity contribution in [2.75, 3.05) is 13.6 Å². The highest BCUT2D eigenvalue weighted by Crippen LogP contribution is 2.08. The molecule has 1 heterocycles. The topological polar surface area (TPSA) is 29.1 Å². The number of hydrogen-bond donors (Lipinski definition) is 1. The van der Waals surface area contributed by atoms with Gasteiger partial charge in [0, 0.05) is 0 Å². The van der Waals surface area contributed by atoms with Gasteiger partial charge in [0.15, 0.2) is 6.54 Å². The van der Waals surface area contributed by atoms with Gasteiger partial charge < -0.3 is 0 Å². The largest absolute Gasteiger partial charge is 0.425 e. The maximum absolute atomic E-state index is 11.0. The summed E-state index contributed by atoms with van der Waals surface area (Å²) in [5.74, 6) is 2.44. The first-order valence-corrected chi connectivity index (χ1v) is 2.96. The number of urea groups is 1. The molecular formula is C7H9N2O+. The number of nitrogens with one attached hydrogen (secondary N) is 1. The van der Waals surface area contributed by atoms with Crippen molar-refractivity contribution in [1.29, 1.82) is 0 Å². The van der Waals surface area contributed by atoms with Gasteiger partial charge in [-0.05, 0) is 5.92 Å². The highest BCUT2D eigenvalue weighted by atomic mass is 16.2. The molecular weight excluding hydrogens is 128 g/mol. The zero-order valence-corrected chi connectivity index (χ0v) is 5.79. The quantitative estimate of drug-likeness (QED) is 0.407. The van der Waals surface area contributed by atoms with Crippen LogP contribution in [-0.2, 0) is 0 Å². The molecule has 1 rings (SSSR count). The Balaban J connectivity index is 2.77. The van der Waals surface area contributed by atoms with Crippen molar-refractivity contribution in [2.24, 2.45) is 0 Å². The molecule has 0 aliphatic carbocycles. The van der Waals surface area contributed by atoms with Gasteiger partial charge in [-0.3, -0.25) is 5.32 Å². The molecule has 0 aromatic heterocycles. The Morgan fingerprint density at radius 2 is 2.60 bits per heavy atom.